The van der Waals surface area contributed by atoms with E-state index >= 15 is 0 Å². The molecule has 1 aliphatic heterocycles. The van der Waals surface area contributed by atoms with Gasteiger partial charge in [-0.25, -0.2) is 14.4 Å². The molecule has 326 valence electrons. The van der Waals surface area contributed by atoms with Crippen molar-refractivity contribution in [1.82, 2.24) is 29.5 Å². The van der Waals surface area contributed by atoms with Crippen molar-refractivity contribution < 1.29 is 78.7 Å². The Labute approximate surface area is 330 Å². The van der Waals surface area contributed by atoms with E-state index in [1.807, 2.05) is 49.6 Å². The van der Waals surface area contributed by atoms with Gasteiger partial charge in [0.05, 0.1) is 18.9 Å². The number of carboxylic acids is 3. The van der Waals surface area contributed by atoms with Gasteiger partial charge in [0.2, 0.25) is 0 Å². The van der Waals surface area contributed by atoms with Gasteiger partial charge in [-0.05, 0) is 69.4 Å². The molecular formula is C36H41F9N6O8. The summed E-state index contributed by atoms with van der Waals surface area (Å²) in [6.07, 6.45) is -6.90. The van der Waals surface area contributed by atoms with Crippen LogP contribution in [0.15, 0.2) is 61.1 Å². The van der Waals surface area contributed by atoms with E-state index < -0.39 is 36.4 Å². The molecule has 4 aromatic rings. The average Bonchev–Trinajstić information content (AvgIpc) is 3.94. The Bertz CT molecular complexity index is 1920. The zero-order valence-corrected chi connectivity index (χ0v) is 31.7. The average molecular weight is 857 g/mol. The topological polar surface area (TPSA) is 182 Å². The summed E-state index contributed by atoms with van der Waals surface area (Å²) in [6, 6.07) is 14.3. The van der Waals surface area contributed by atoms with Crippen LogP contribution in [-0.4, -0.2) is 141 Å². The smallest absolute Gasteiger partial charge is 0.490 e. The number of likely N-dealkylation sites (tertiary alicyclic amines) is 1. The predicted octanol–water partition coefficient (Wildman–Crippen LogP) is 6.24. The van der Waals surface area contributed by atoms with E-state index in [1.54, 1.807) is 7.11 Å². The van der Waals surface area contributed by atoms with E-state index in [-0.39, 0.29) is 5.91 Å². The summed E-state index contributed by atoms with van der Waals surface area (Å²) in [4.78, 5) is 47.4. The van der Waals surface area contributed by atoms with Crippen LogP contribution in [0.1, 0.15) is 28.8 Å². The lowest BCUT2D eigenvalue weighted by molar-refractivity contribution is -0.193. The third-order valence-electron chi connectivity index (χ3n) is 8.14. The van der Waals surface area contributed by atoms with Crippen molar-refractivity contribution in [3.8, 4) is 16.9 Å². The maximum absolute atomic E-state index is 14.2. The van der Waals surface area contributed by atoms with Gasteiger partial charge in [0, 0.05) is 61.6 Å². The van der Waals surface area contributed by atoms with Crippen LogP contribution in [0.5, 0.6) is 5.75 Å². The van der Waals surface area contributed by atoms with Gasteiger partial charge in [-0.3, -0.25) is 9.89 Å². The van der Waals surface area contributed by atoms with Crippen molar-refractivity contribution in [2.24, 2.45) is 0 Å². The molecule has 4 N–H and O–H groups in total. The van der Waals surface area contributed by atoms with Gasteiger partial charge in [0.15, 0.2) is 0 Å². The van der Waals surface area contributed by atoms with E-state index in [0.717, 1.165) is 71.6 Å². The molecule has 5 rings (SSSR count). The molecule has 23 heteroatoms. The van der Waals surface area contributed by atoms with Crippen LogP contribution in [0, 0.1) is 0 Å². The van der Waals surface area contributed by atoms with E-state index in [2.05, 4.69) is 55.0 Å². The number of carbonyl (C=O) groups excluding carboxylic acids is 1. The van der Waals surface area contributed by atoms with Crippen molar-refractivity contribution >= 4 is 34.7 Å². The Morgan fingerprint density at radius 3 is 1.83 bits per heavy atom. The summed E-state index contributed by atoms with van der Waals surface area (Å²) in [6.45, 7) is 6.10. The maximum Gasteiger partial charge on any atom is 0.490 e. The molecule has 0 bridgehead atoms. The van der Waals surface area contributed by atoms with Crippen molar-refractivity contribution in [2.45, 2.75) is 44.5 Å². The molecule has 1 aliphatic rings. The predicted molar refractivity (Wildman–Crippen MR) is 193 cm³/mol. The summed E-state index contributed by atoms with van der Waals surface area (Å²) in [5.74, 6) is -7.42. The third kappa shape index (κ3) is 16.5. The summed E-state index contributed by atoms with van der Waals surface area (Å²) in [7, 11) is 5.74. The molecule has 59 heavy (non-hydrogen) atoms. The summed E-state index contributed by atoms with van der Waals surface area (Å²) in [5, 5.41) is 29.4. The molecule has 1 amide bonds. The fourth-order valence-electron chi connectivity index (χ4n) is 5.23. The molecule has 14 nitrogen and oxygen atoms in total. The number of hydrogen-bond donors (Lipinski definition) is 4. The second-order valence-electron chi connectivity index (χ2n) is 12.8. The van der Waals surface area contributed by atoms with Crippen LogP contribution in [0.2, 0.25) is 0 Å². The molecule has 0 spiro atoms. The van der Waals surface area contributed by atoms with Crippen LogP contribution in [0.25, 0.3) is 22.0 Å². The van der Waals surface area contributed by atoms with Crippen molar-refractivity contribution in [1.29, 1.82) is 0 Å². The van der Waals surface area contributed by atoms with Gasteiger partial charge in [-0.1, -0.05) is 24.3 Å². The number of alkyl halides is 9. The number of aliphatic carboxylic acids is 3. The molecule has 1 saturated heterocycles. The molecule has 0 atom stereocenters. The van der Waals surface area contributed by atoms with Gasteiger partial charge in [-0.15, -0.1) is 0 Å². The van der Waals surface area contributed by atoms with Crippen LogP contribution in [-0.2, 0) is 27.5 Å². The Kier molecular flexibility index (Phi) is 18.2. The minimum absolute atomic E-state index is 0.0515. The quantitative estimate of drug-likeness (QED) is 0.125. The monoisotopic (exact) mass is 856 g/mol. The van der Waals surface area contributed by atoms with Crippen molar-refractivity contribution in [3.05, 3.63) is 72.2 Å². The number of nitrogens with one attached hydrogen (secondary N) is 1. The van der Waals surface area contributed by atoms with Gasteiger partial charge in [-0.2, -0.15) is 44.6 Å². The Morgan fingerprint density at radius 1 is 0.797 bits per heavy atom. The SMILES string of the molecule is COc1cccc(CN(CCN(C)C)C(=O)c2cn(CCN3CCCC3)c3cc(-c4cn[nH]c4)ccc23)c1.O=C(O)C(F)(F)F.O=C(O)C(F)(F)F.O=C(O)C(F)(F)F. The Balaban J connectivity index is 0.000000469. The Morgan fingerprint density at radius 2 is 1.36 bits per heavy atom. The lowest BCUT2D eigenvalue weighted by atomic mass is 10.1. The highest BCUT2D eigenvalue weighted by atomic mass is 19.4. The zero-order chi connectivity index (χ0) is 44.7. The van der Waals surface area contributed by atoms with E-state index in [9.17, 15) is 44.3 Å². The first-order chi connectivity index (χ1) is 27.3. The van der Waals surface area contributed by atoms with Crippen molar-refractivity contribution in [3.63, 3.8) is 0 Å². The molecule has 2 aromatic heterocycles. The Hall–Kier alpha value is -5.84. The van der Waals surface area contributed by atoms with E-state index in [4.69, 9.17) is 34.4 Å². The van der Waals surface area contributed by atoms with Crippen LogP contribution in [0.3, 0.4) is 0 Å². The molecule has 0 radical (unpaired) electrons. The summed E-state index contributed by atoms with van der Waals surface area (Å²) in [5.41, 5.74) is 5.02. The highest BCUT2D eigenvalue weighted by Gasteiger charge is 2.39. The number of rotatable bonds is 11. The standard InChI is InChI=1S/C30H38N6O2.3C2HF3O2/c1-33(2)13-15-36(21-23-7-6-8-26(17-23)38-3)30(37)28-22-35(16-14-34-11-4-5-12-34)29-18-24(9-10-27(28)29)25-19-31-32-20-25;3*3-2(4,5)1(6)7/h6-10,17-20,22H,4-5,11-16,21H2,1-3H3,(H,31,32);3*(H,6,7). The normalized spacial score (nSPS) is 13.0. The van der Waals surface area contributed by atoms with Gasteiger partial charge >= 0.3 is 36.4 Å². The minimum Gasteiger partial charge on any atom is -0.497 e. The number of benzene rings is 2. The fourth-order valence-corrected chi connectivity index (χ4v) is 5.23. The number of fused-ring (bicyclic) bond motifs is 1. The van der Waals surface area contributed by atoms with E-state index in [1.165, 1.54) is 12.8 Å². The molecule has 3 heterocycles. The molecule has 1 fully saturated rings. The first-order valence-corrected chi connectivity index (χ1v) is 17.2. The number of hydrogen-bond acceptors (Lipinski definition) is 8. The van der Waals surface area contributed by atoms with Crippen LogP contribution >= 0.6 is 0 Å². The largest absolute Gasteiger partial charge is 0.497 e. The number of carbonyl (C=O) groups is 4. The number of carboxylic acid groups (broad SMARTS) is 3. The number of nitrogens with zero attached hydrogens (tertiary/aromatic N) is 5. The molecule has 0 saturated carbocycles. The second kappa shape index (κ2) is 21.8. The number of aromatic amines is 1. The second-order valence-corrected chi connectivity index (χ2v) is 12.8. The van der Waals surface area contributed by atoms with Crippen LogP contribution in [0.4, 0.5) is 39.5 Å². The summed E-state index contributed by atoms with van der Waals surface area (Å²) < 4.78 is 103. The van der Waals surface area contributed by atoms with Gasteiger partial charge in [0.25, 0.3) is 5.91 Å². The molecule has 0 unspecified atom stereocenters. The molecule has 0 aliphatic carbocycles. The van der Waals surface area contributed by atoms with Gasteiger partial charge < -0.3 is 39.3 Å². The lowest BCUT2D eigenvalue weighted by Crippen LogP contribution is -2.36. The minimum atomic E-state index is -5.08. The van der Waals surface area contributed by atoms with Crippen LogP contribution < -0.4 is 4.74 Å². The first kappa shape index (κ1) is 49.3. The summed E-state index contributed by atoms with van der Waals surface area (Å²) >= 11 is 0. The number of likely N-dealkylation sites (N-methyl/N-ethyl adjacent to an activating group) is 1. The molecule has 2 aromatic carbocycles. The number of aromatic nitrogens is 3. The highest BCUT2D eigenvalue weighted by Crippen LogP contribution is 2.29. The fraction of sp³-hybridized carbons (Fsp3) is 0.417. The number of halogens is 9. The van der Waals surface area contributed by atoms with Gasteiger partial charge in [0.1, 0.15) is 5.75 Å². The van der Waals surface area contributed by atoms with Crippen molar-refractivity contribution in [2.75, 3.05) is 53.9 Å². The number of amides is 1. The molecular weight excluding hydrogens is 815 g/mol. The maximum atomic E-state index is 14.2. The number of ether oxygens (including phenoxy) is 1. The highest BCUT2D eigenvalue weighted by molar-refractivity contribution is 6.07. The third-order valence-corrected chi connectivity index (χ3v) is 8.14. The zero-order valence-electron chi connectivity index (χ0n) is 31.7. The number of methoxy groups -OCH3 is 1. The number of H-pyrrole nitrogens is 1. The first-order valence-electron chi connectivity index (χ1n) is 17.2. The van der Waals surface area contributed by atoms with E-state index in [0.29, 0.717) is 13.1 Å². The lowest BCUT2D eigenvalue weighted by Gasteiger charge is -2.24.